The van der Waals surface area contributed by atoms with Crippen molar-refractivity contribution in [3.05, 3.63) is 71.2 Å². The lowest BCUT2D eigenvalue weighted by Gasteiger charge is -2.09. The van der Waals surface area contributed by atoms with Gasteiger partial charge in [-0.1, -0.05) is 24.3 Å². The van der Waals surface area contributed by atoms with E-state index in [2.05, 4.69) is 5.32 Å². The van der Waals surface area contributed by atoms with Gasteiger partial charge in [-0.25, -0.2) is 4.39 Å². The van der Waals surface area contributed by atoms with E-state index in [0.29, 0.717) is 5.56 Å². The van der Waals surface area contributed by atoms with Gasteiger partial charge in [-0.15, -0.1) is 0 Å². The molecule has 0 amide bonds. The average Bonchev–Trinajstić information content (AvgIpc) is 3.41. The van der Waals surface area contributed by atoms with Crippen molar-refractivity contribution in [2.75, 3.05) is 5.32 Å². The largest absolute Gasteiger partial charge is 0.504 e. The molecule has 1 aliphatic rings. The predicted octanol–water partition coefficient (Wildman–Crippen LogP) is 5.98. The summed E-state index contributed by atoms with van der Waals surface area (Å²) in [5.74, 6) is -0.140. The van der Waals surface area contributed by atoms with Crippen molar-refractivity contribution in [3.8, 4) is 16.9 Å². The lowest BCUT2D eigenvalue weighted by Crippen LogP contribution is -2.05. The monoisotopic (exact) mass is 391 g/mol. The fraction of sp³-hybridized carbons (Fsp3) is 0.238. The summed E-state index contributed by atoms with van der Waals surface area (Å²) in [6, 6.07) is 10.7. The van der Waals surface area contributed by atoms with Gasteiger partial charge in [-0.2, -0.15) is 13.2 Å². The highest BCUT2D eigenvalue weighted by atomic mass is 19.4. The molecule has 146 valence electrons. The van der Waals surface area contributed by atoms with E-state index in [1.165, 1.54) is 24.3 Å². The van der Waals surface area contributed by atoms with Crippen LogP contribution in [0.25, 0.3) is 11.1 Å². The fourth-order valence-corrected chi connectivity index (χ4v) is 3.01. The van der Waals surface area contributed by atoms with Crippen LogP contribution in [-0.2, 0) is 12.6 Å². The Morgan fingerprint density at radius 2 is 1.79 bits per heavy atom. The molecular weight excluding hydrogens is 374 g/mol. The van der Waals surface area contributed by atoms with Crippen LogP contribution in [0.5, 0.6) is 5.75 Å². The number of hydrogen-bond acceptors (Lipinski definition) is 3. The van der Waals surface area contributed by atoms with E-state index in [4.69, 9.17) is 4.42 Å². The molecule has 28 heavy (non-hydrogen) atoms. The maximum absolute atomic E-state index is 13.1. The molecule has 1 saturated carbocycles. The fourth-order valence-electron chi connectivity index (χ4n) is 3.01. The molecule has 1 fully saturated rings. The second-order valence-electron chi connectivity index (χ2n) is 6.88. The molecule has 3 aromatic rings. The highest BCUT2D eigenvalue weighted by molar-refractivity contribution is 5.82. The van der Waals surface area contributed by atoms with E-state index < -0.39 is 11.7 Å². The van der Waals surface area contributed by atoms with Crippen LogP contribution in [0.2, 0.25) is 0 Å². The summed E-state index contributed by atoms with van der Waals surface area (Å²) in [4.78, 5) is 0. The molecule has 0 aliphatic heterocycles. The van der Waals surface area contributed by atoms with Crippen LogP contribution in [0.4, 0.5) is 23.4 Å². The molecular formula is C21H17F4NO2. The van der Waals surface area contributed by atoms with E-state index in [0.717, 1.165) is 25.0 Å². The number of aromatic hydroxyl groups is 1. The Balaban J connectivity index is 1.75. The number of halogens is 4. The summed E-state index contributed by atoms with van der Waals surface area (Å²) in [6.45, 7) is 0. The minimum Gasteiger partial charge on any atom is -0.504 e. The van der Waals surface area contributed by atoms with Gasteiger partial charge in [0.05, 0.1) is 11.1 Å². The van der Waals surface area contributed by atoms with Crippen LogP contribution in [0.15, 0.2) is 52.9 Å². The van der Waals surface area contributed by atoms with Crippen molar-refractivity contribution in [2.24, 2.45) is 0 Å². The minimum absolute atomic E-state index is 0.175. The minimum atomic E-state index is -4.49. The Bertz CT molecular complexity index is 989. The average molecular weight is 391 g/mol. The second-order valence-corrected chi connectivity index (χ2v) is 6.88. The zero-order chi connectivity index (χ0) is 19.9. The van der Waals surface area contributed by atoms with Crippen molar-refractivity contribution < 1.29 is 27.1 Å². The Morgan fingerprint density at radius 3 is 2.43 bits per heavy atom. The molecule has 0 bridgehead atoms. The molecule has 1 aromatic heterocycles. The Morgan fingerprint density at radius 1 is 1.07 bits per heavy atom. The summed E-state index contributed by atoms with van der Waals surface area (Å²) < 4.78 is 58.2. The van der Waals surface area contributed by atoms with E-state index in [1.807, 2.05) is 0 Å². The summed E-state index contributed by atoms with van der Waals surface area (Å²) in [7, 11) is 0. The molecule has 7 heteroatoms. The standard InChI is InChI=1S/C21H17F4NO2/c22-15-6-4-12(5-7-15)10-17-19(27)18(20(28-17)26-16-8-9-16)13-2-1-3-14(11-13)21(23,24)25/h1-7,11,16,26-27H,8-10H2. The molecule has 0 atom stereocenters. The molecule has 3 nitrogen and oxygen atoms in total. The lowest BCUT2D eigenvalue weighted by molar-refractivity contribution is -0.137. The Labute approximate surface area is 158 Å². The van der Waals surface area contributed by atoms with Crippen LogP contribution in [0, 0.1) is 5.82 Å². The van der Waals surface area contributed by atoms with Gasteiger partial charge >= 0.3 is 6.18 Å². The van der Waals surface area contributed by atoms with Gasteiger partial charge in [0.2, 0.25) is 5.88 Å². The van der Waals surface area contributed by atoms with Crippen molar-refractivity contribution in [3.63, 3.8) is 0 Å². The van der Waals surface area contributed by atoms with Crippen LogP contribution < -0.4 is 5.32 Å². The molecule has 0 unspecified atom stereocenters. The predicted molar refractivity (Wildman–Crippen MR) is 96.7 cm³/mol. The number of anilines is 1. The maximum Gasteiger partial charge on any atom is 0.416 e. The zero-order valence-corrected chi connectivity index (χ0v) is 14.7. The number of nitrogens with one attached hydrogen (secondary N) is 1. The quantitative estimate of drug-likeness (QED) is 0.526. The van der Waals surface area contributed by atoms with Gasteiger partial charge in [0.25, 0.3) is 0 Å². The summed E-state index contributed by atoms with van der Waals surface area (Å²) in [6.07, 6.45) is -2.45. The molecule has 2 N–H and O–H groups in total. The third kappa shape index (κ3) is 3.83. The molecule has 2 aromatic carbocycles. The third-order valence-electron chi connectivity index (χ3n) is 4.62. The first-order chi connectivity index (χ1) is 13.3. The van der Waals surface area contributed by atoms with Crippen molar-refractivity contribution in [2.45, 2.75) is 31.5 Å². The number of benzene rings is 2. The Hall–Kier alpha value is -2.96. The van der Waals surface area contributed by atoms with Gasteiger partial charge in [-0.05, 0) is 48.2 Å². The first-order valence-electron chi connectivity index (χ1n) is 8.84. The first-order valence-corrected chi connectivity index (χ1v) is 8.84. The summed E-state index contributed by atoms with van der Waals surface area (Å²) in [5.41, 5.74) is 0.321. The summed E-state index contributed by atoms with van der Waals surface area (Å²) in [5, 5.41) is 13.8. The van der Waals surface area contributed by atoms with E-state index in [9.17, 15) is 22.7 Å². The molecule has 4 rings (SSSR count). The summed E-state index contributed by atoms with van der Waals surface area (Å²) >= 11 is 0. The molecule has 0 saturated heterocycles. The molecule has 1 aliphatic carbocycles. The number of furan rings is 1. The van der Waals surface area contributed by atoms with E-state index in [1.54, 1.807) is 12.1 Å². The van der Waals surface area contributed by atoms with Gasteiger partial charge in [0, 0.05) is 12.5 Å². The van der Waals surface area contributed by atoms with E-state index in [-0.39, 0.29) is 46.8 Å². The first kappa shape index (κ1) is 18.4. The van der Waals surface area contributed by atoms with Crippen LogP contribution >= 0.6 is 0 Å². The van der Waals surface area contributed by atoms with Crippen molar-refractivity contribution in [1.29, 1.82) is 0 Å². The number of hydrogen-bond donors (Lipinski definition) is 2. The van der Waals surface area contributed by atoms with Crippen LogP contribution in [0.1, 0.15) is 29.7 Å². The number of alkyl halides is 3. The lowest BCUT2D eigenvalue weighted by atomic mass is 10.0. The van der Waals surface area contributed by atoms with Crippen LogP contribution in [-0.4, -0.2) is 11.1 Å². The van der Waals surface area contributed by atoms with Crippen LogP contribution in [0.3, 0.4) is 0 Å². The van der Waals surface area contributed by atoms with Gasteiger partial charge < -0.3 is 14.8 Å². The number of rotatable bonds is 5. The van der Waals surface area contributed by atoms with Crippen molar-refractivity contribution >= 4 is 5.88 Å². The van der Waals surface area contributed by atoms with Gasteiger partial charge in [-0.3, -0.25) is 0 Å². The molecule has 0 spiro atoms. The SMILES string of the molecule is Oc1c(Cc2ccc(F)cc2)oc(NC2CC2)c1-c1cccc(C(F)(F)F)c1. The second kappa shape index (κ2) is 6.89. The maximum atomic E-state index is 13.1. The zero-order valence-electron chi connectivity index (χ0n) is 14.7. The smallest absolute Gasteiger partial charge is 0.416 e. The highest BCUT2D eigenvalue weighted by Gasteiger charge is 2.32. The highest BCUT2D eigenvalue weighted by Crippen LogP contribution is 2.45. The molecule has 0 radical (unpaired) electrons. The normalized spacial score (nSPS) is 14.3. The Kier molecular flexibility index (Phi) is 4.53. The van der Waals surface area contributed by atoms with Gasteiger partial charge in [0.1, 0.15) is 5.82 Å². The third-order valence-corrected chi connectivity index (χ3v) is 4.62. The van der Waals surface area contributed by atoms with Gasteiger partial charge in [0.15, 0.2) is 11.5 Å². The molecule has 1 heterocycles. The van der Waals surface area contributed by atoms with Crippen molar-refractivity contribution in [1.82, 2.24) is 0 Å². The topological polar surface area (TPSA) is 45.4 Å². The van der Waals surface area contributed by atoms with E-state index >= 15 is 0 Å².